The summed E-state index contributed by atoms with van der Waals surface area (Å²) in [7, 11) is 1.51. The third-order valence-corrected chi connectivity index (χ3v) is 3.97. The van der Waals surface area contributed by atoms with Gasteiger partial charge in [-0.05, 0) is 12.1 Å². The average molecular weight is 361 g/mol. The lowest BCUT2D eigenvalue weighted by molar-refractivity contribution is 0.0666. The number of nitrogens with one attached hydrogen (secondary N) is 1. The lowest BCUT2D eigenvalue weighted by atomic mass is 10.00. The fourth-order valence-electron chi connectivity index (χ4n) is 2.65. The van der Waals surface area contributed by atoms with E-state index in [0.29, 0.717) is 22.6 Å². The van der Waals surface area contributed by atoms with Crippen molar-refractivity contribution in [2.45, 2.75) is 6.10 Å². The maximum Gasteiger partial charge on any atom is 0.412 e. The van der Waals surface area contributed by atoms with Crippen LogP contribution in [0.15, 0.2) is 84.9 Å². The molecule has 3 aromatic rings. The average Bonchev–Trinajstić information content (AvgIpc) is 2.73. The number of benzene rings is 3. The van der Waals surface area contributed by atoms with Crippen molar-refractivity contribution in [1.82, 2.24) is 0 Å². The number of hydrogen-bond donors (Lipinski definition) is 1. The van der Waals surface area contributed by atoms with Gasteiger partial charge in [0.2, 0.25) is 5.78 Å². The van der Waals surface area contributed by atoms with E-state index in [1.165, 1.54) is 7.11 Å². The highest BCUT2D eigenvalue weighted by Gasteiger charge is 2.26. The SMILES string of the molecule is COc1ccccc1NC(=O)O[C@@H](C(=O)c1ccccc1)c1ccccc1. The second-order valence-corrected chi connectivity index (χ2v) is 5.75. The number of carbonyl (C=O) groups is 2. The molecule has 0 saturated carbocycles. The molecular weight excluding hydrogens is 342 g/mol. The molecule has 136 valence electrons. The molecule has 3 aromatic carbocycles. The number of anilines is 1. The van der Waals surface area contributed by atoms with Crippen LogP contribution >= 0.6 is 0 Å². The van der Waals surface area contributed by atoms with Crippen LogP contribution in [0, 0.1) is 0 Å². The molecule has 0 bridgehead atoms. The summed E-state index contributed by atoms with van der Waals surface area (Å²) >= 11 is 0. The van der Waals surface area contributed by atoms with Crippen LogP contribution in [0.4, 0.5) is 10.5 Å². The zero-order valence-corrected chi connectivity index (χ0v) is 14.8. The summed E-state index contributed by atoms with van der Waals surface area (Å²) in [6.07, 6.45) is -1.79. The van der Waals surface area contributed by atoms with Crippen molar-refractivity contribution in [3.05, 3.63) is 96.1 Å². The van der Waals surface area contributed by atoms with Crippen LogP contribution in [-0.2, 0) is 4.74 Å². The van der Waals surface area contributed by atoms with Crippen molar-refractivity contribution < 1.29 is 19.1 Å². The van der Waals surface area contributed by atoms with Gasteiger partial charge in [0.25, 0.3) is 0 Å². The van der Waals surface area contributed by atoms with E-state index in [0.717, 1.165) is 0 Å². The van der Waals surface area contributed by atoms with E-state index in [4.69, 9.17) is 9.47 Å². The summed E-state index contributed by atoms with van der Waals surface area (Å²) in [6.45, 7) is 0. The number of amides is 1. The van der Waals surface area contributed by atoms with Crippen molar-refractivity contribution in [1.29, 1.82) is 0 Å². The van der Waals surface area contributed by atoms with Crippen molar-refractivity contribution in [3.63, 3.8) is 0 Å². The summed E-state index contributed by atoms with van der Waals surface area (Å²) in [4.78, 5) is 25.4. The van der Waals surface area contributed by atoms with Gasteiger partial charge in [-0.25, -0.2) is 4.79 Å². The third kappa shape index (κ3) is 4.52. The van der Waals surface area contributed by atoms with E-state index in [1.54, 1.807) is 72.8 Å². The molecule has 3 rings (SSSR count). The van der Waals surface area contributed by atoms with Crippen LogP contribution in [0.3, 0.4) is 0 Å². The molecule has 1 amide bonds. The fraction of sp³-hybridized carbons (Fsp3) is 0.0909. The van der Waals surface area contributed by atoms with Gasteiger partial charge in [0.05, 0.1) is 12.8 Å². The lowest BCUT2D eigenvalue weighted by Crippen LogP contribution is -2.23. The van der Waals surface area contributed by atoms with Gasteiger partial charge in [0, 0.05) is 11.1 Å². The first-order chi connectivity index (χ1) is 13.2. The molecule has 0 fully saturated rings. The molecule has 0 aromatic heterocycles. The van der Waals surface area contributed by atoms with Crippen LogP contribution in [0.25, 0.3) is 0 Å². The van der Waals surface area contributed by atoms with Gasteiger partial charge in [0.15, 0.2) is 6.10 Å². The maximum absolute atomic E-state index is 12.9. The fourth-order valence-corrected chi connectivity index (χ4v) is 2.65. The molecule has 0 aliphatic carbocycles. The van der Waals surface area contributed by atoms with E-state index in [9.17, 15) is 9.59 Å². The minimum Gasteiger partial charge on any atom is -0.495 e. The number of Topliss-reactive ketones (excluding diaryl/α,β-unsaturated/α-hetero) is 1. The first kappa shape index (κ1) is 18.2. The molecule has 27 heavy (non-hydrogen) atoms. The molecule has 0 saturated heterocycles. The van der Waals surface area contributed by atoms with Crippen LogP contribution in [-0.4, -0.2) is 19.0 Å². The molecule has 5 heteroatoms. The zero-order valence-electron chi connectivity index (χ0n) is 14.8. The summed E-state index contributed by atoms with van der Waals surface area (Å²) in [5.74, 6) is 0.206. The highest BCUT2D eigenvalue weighted by atomic mass is 16.6. The Hall–Kier alpha value is -3.60. The number of para-hydroxylation sites is 2. The number of ether oxygens (including phenoxy) is 2. The standard InChI is InChI=1S/C22H19NO4/c1-26-19-15-9-8-14-18(19)23-22(25)27-21(17-12-6-3-7-13-17)20(24)16-10-4-2-5-11-16/h2-15,21H,1H3,(H,23,25)/t21-/m1/s1. The molecule has 1 atom stereocenters. The zero-order chi connectivity index (χ0) is 19.1. The van der Waals surface area contributed by atoms with Crippen LogP contribution < -0.4 is 10.1 Å². The normalized spacial score (nSPS) is 11.3. The smallest absolute Gasteiger partial charge is 0.412 e. The number of rotatable bonds is 6. The highest BCUT2D eigenvalue weighted by Crippen LogP contribution is 2.26. The number of ketones is 1. The molecule has 0 spiro atoms. The number of methoxy groups -OCH3 is 1. The van der Waals surface area contributed by atoms with E-state index in [1.807, 2.05) is 12.1 Å². The Labute approximate surface area is 157 Å². The van der Waals surface area contributed by atoms with Gasteiger partial charge in [-0.3, -0.25) is 10.1 Å². The van der Waals surface area contributed by atoms with Gasteiger partial charge in [0.1, 0.15) is 5.75 Å². The molecule has 1 N–H and O–H groups in total. The predicted octanol–water partition coefficient (Wildman–Crippen LogP) is 4.87. The molecule has 0 aliphatic heterocycles. The Bertz CT molecular complexity index is 910. The van der Waals surface area contributed by atoms with Crippen molar-refractivity contribution in [2.24, 2.45) is 0 Å². The van der Waals surface area contributed by atoms with Gasteiger partial charge in [-0.2, -0.15) is 0 Å². The number of carbonyl (C=O) groups excluding carboxylic acids is 2. The van der Waals surface area contributed by atoms with Crippen molar-refractivity contribution in [2.75, 3.05) is 12.4 Å². The minimum atomic E-state index is -1.05. The first-order valence-electron chi connectivity index (χ1n) is 8.44. The molecule has 0 unspecified atom stereocenters. The van der Waals surface area contributed by atoms with Gasteiger partial charge in [-0.1, -0.05) is 72.8 Å². The minimum absolute atomic E-state index is 0.294. The summed E-state index contributed by atoms with van der Waals surface area (Å²) in [5, 5.41) is 2.63. The van der Waals surface area contributed by atoms with E-state index in [2.05, 4.69) is 5.32 Å². The summed E-state index contributed by atoms with van der Waals surface area (Å²) in [6, 6.07) is 24.6. The second kappa shape index (κ2) is 8.67. The largest absolute Gasteiger partial charge is 0.495 e. The highest BCUT2D eigenvalue weighted by molar-refractivity contribution is 6.01. The Kier molecular flexibility index (Phi) is 5.84. The van der Waals surface area contributed by atoms with Crippen molar-refractivity contribution >= 4 is 17.6 Å². The van der Waals surface area contributed by atoms with Crippen molar-refractivity contribution in [3.8, 4) is 5.75 Å². The first-order valence-corrected chi connectivity index (χ1v) is 8.44. The van der Waals surface area contributed by atoms with Gasteiger partial charge < -0.3 is 9.47 Å². The van der Waals surface area contributed by atoms with E-state index < -0.39 is 12.2 Å². The molecular formula is C22H19NO4. The molecule has 0 aliphatic rings. The quantitative estimate of drug-likeness (QED) is 0.636. The molecule has 0 heterocycles. The third-order valence-electron chi connectivity index (χ3n) is 3.97. The molecule has 5 nitrogen and oxygen atoms in total. The van der Waals surface area contributed by atoms with Crippen LogP contribution in [0.2, 0.25) is 0 Å². The Balaban J connectivity index is 1.83. The number of hydrogen-bond acceptors (Lipinski definition) is 4. The topological polar surface area (TPSA) is 64.6 Å². The predicted molar refractivity (Wildman–Crippen MR) is 103 cm³/mol. The summed E-state index contributed by atoms with van der Waals surface area (Å²) < 4.78 is 10.7. The monoisotopic (exact) mass is 361 g/mol. The lowest BCUT2D eigenvalue weighted by Gasteiger charge is -2.18. The Morgan fingerprint density at radius 3 is 2.07 bits per heavy atom. The maximum atomic E-state index is 12.9. The summed E-state index contributed by atoms with van der Waals surface area (Å²) in [5.41, 5.74) is 1.53. The van der Waals surface area contributed by atoms with Crippen LogP contribution in [0.1, 0.15) is 22.0 Å². The molecule has 0 radical (unpaired) electrons. The van der Waals surface area contributed by atoms with Gasteiger partial charge >= 0.3 is 6.09 Å². The second-order valence-electron chi connectivity index (χ2n) is 5.75. The van der Waals surface area contributed by atoms with E-state index in [-0.39, 0.29) is 5.78 Å². The Morgan fingerprint density at radius 2 is 1.41 bits per heavy atom. The Morgan fingerprint density at radius 1 is 0.815 bits per heavy atom. The van der Waals surface area contributed by atoms with Crippen LogP contribution in [0.5, 0.6) is 5.75 Å². The van der Waals surface area contributed by atoms with E-state index >= 15 is 0 Å². The van der Waals surface area contributed by atoms with Gasteiger partial charge in [-0.15, -0.1) is 0 Å².